The summed E-state index contributed by atoms with van der Waals surface area (Å²) in [6.07, 6.45) is -2.87. The van der Waals surface area contributed by atoms with Crippen LogP contribution in [0.3, 0.4) is 0 Å². The molecule has 1 aliphatic rings. The second-order valence-corrected chi connectivity index (χ2v) is 4.07. The maximum absolute atomic E-state index is 12.1. The van der Waals surface area contributed by atoms with E-state index in [1.807, 2.05) is 0 Å². The molecule has 0 unspecified atom stereocenters. The van der Waals surface area contributed by atoms with Gasteiger partial charge in [0.2, 0.25) is 0 Å². The van der Waals surface area contributed by atoms with E-state index in [-0.39, 0.29) is 6.42 Å². The Bertz CT molecular complexity index is 345. The van der Waals surface area contributed by atoms with Crippen LogP contribution in [0.15, 0.2) is 12.7 Å². The summed E-state index contributed by atoms with van der Waals surface area (Å²) < 4.78 is 36.2. The Morgan fingerprint density at radius 2 is 1.94 bits per heavy atom. The average molecular weight is 251 g/mol. The Labute approximate surface area is 95.7 Å². The Morgan fingerprint density at radius 3 is 2.29 bits per heavy atom. The van der Waals surface area contributed by atoms with Gasteiger partial charge < -0.3 is 10.0 Å². The lowest BCUT2D eigenvalue weighted by atomic mass is 9.76. The number of hydrogen-bond acceptors (Lipinski definition) is 2. The van der Waals surface area contributed by atoms with Crippen LogP contribution in [0.2, 0.25) is 0 Å². The van der Waals surface area contributed by atoms with Crippen molar-refractivity contribution in [1.82, 2.24) is 4.90 Å². The summed E-state index contributed by atoms with van der Waals surface area (Å²) in [5.41, 5.74) is -1.25. The molecule has 1 saturated heterocycles. The number of carboxylic acid groups (broad SMARTS) is 1. The topological polar surface area (TPSA) is 57.6 Å². The normalized spacial score (nSPS) is 18.4. The number of hydrogen-bond donors (Lipinski definition) is 1. The molecular weight excluding hydrogens is 239 g/mol. The van der Waals surface area contributed by atoms with Crippen molar-refractivity contribution in [3.05, 3.63) is 12.7 Å². The zero-order valence-electron chi connectivity index (χ0n) is 8.96. The van der Waals surface area contributed by atoms with Crippen LogP contribution in [0, 0.1) is 5.41 Å². The summed E-state index contributed by atoms with van der Waals surface area (Å²) in [5, 5.41) is 8.96. The molecule has 1 fully saturated rings. The molecule has 1 N–H and O–H groups in total. The number of aliphatic carboxylic acids is 1. The molecule has 1 aliphatic heterocycles. The smallest absolute Gasteiger partial charge is 0.471 e. The Hall–Kier alpha value is -1.53. The number of carboxylic acids is 1. The van der Waals surface area contributed by atoms with Crippen LogP contribution in [-0.2, 0) is 9.59 Å². The molecule has 0 aromatic rings. The molecule has 0 aliphatic carbocycles. The molecule has 96 valence electrons. The third-order valence-corrected chi connectivity index (χ3v) is 2.80. The molecule has 0 saturated carbocycles. The third-order valence-electron chi connectivity index (χ3n) is 2.80. The largest absolute Gasteiger partial charge is 0.481 e. The molecule has 0 bridgehead atoms. The predicted octanol–water partition coefficient (Wildman–Crippen LogP) is 1.43. The van der Waals surface area contributed by atoms with Gasteiger partial charge in [-0.1, -0.05) is 6.08 Å². The number of rotatable bonds is 4. The highest BCUT2D eigenvalue weighted by atomic mass is 19.4. The molecule has 17 heavy (non-hydrogen) atoms. The number of amides is 1. The standard InChI is InChI=1S/C10H12F3NO3/c1-2-3-4-9(8(16)17)5-14(6-9)7(15)10(11,12)13/h2H,1,3-6H2,(H,16,17). The molecule has 1 heterocycles. The molecule has 1 rings (SSSR count). The fourth-order valence-corrected chi connectivity index (χ4v) is 1.79. The highest BCUT2D eigenvalue weighted by Crippen LogP contribution is 2.37. The van der Waals surface area contributed by atoms with Gasteiger partial charge in [-0.3, -0.25) is 9.59 Å². The number of allylic oxidation sites excluding steroid dienone is 1. The average Bonchev–Trinajstić information content (AvgIpc) is 2.13. The Balaban J connectivity index is 2.65. The van der Waals surface area contributed by atoms with Gasteiger partial charge in [-0.2, -0.15) is 13.2 Å². The number of carbonyl (C=O) groups is 2. The van der Waals surface area contributed by atoms with Crippen LogP contribution >= 0.6 is 0 Å². The first-order valence-corrected chi connectivity index (χ1v) is 4.93. The number of nitrogens with zero attached hydrogens (tertiary/aromatic N) is 1. The van der Waals surface area contributed by atoms with E-state index in [1.165, 1.54) is 6.08 Å². The highest BCUT2D eigenvalue weighted by molar-refractivity contribution is 5.86. The Morgan fingerprint density at radius 1 is 1.41 bits per heavy atom. The number of carbonyl (C=O) groups excluding carboxylic acids is 1. The summed E-state index contributed by atoms with van der Waals surface area (Å²) in [7, 11) is 0. The zero-order valence-corrected chi connectivity index (χ0v) is 8.96. The number of likely N-dealkylation sites (tertiary alicyclic amines) is 1. The molecule has 0 radical (unpaired) electrons. The summed E-state index contributed by atoms with van der Waals surface area (Å²) in [6, 6.07) is 0. The number of halogens is 3. The second kappa shape index (κ2) is 4.38. The van der Waals surface area contributed by atoms with Gasteiger partial charge in [0.1, 0.15) is 5.41 Å². The minimum absolute atomic E-state index is 0.188. The monoisotopic (exact) mass is 251 g/mol. The van der Waals surface area contributed by atoms with E-state index in [4.69, 9.17) is 5.11 Å². The third kappa shape index (κ3) is 2.59. The van der Waals surface area contributed by atoms with E-state index in [0.717, 1.165) is 0 Å². The molecule has 7 heteroatoms. The predicted molar refractivity (Wildman–Crippen MR) is 52.1 cm³/mol. The second-order valence-electron chi connectivity index (χ2n) is 4.07. The van der Waals surface area contributed by atoms with Crippen LogP contribution in [0.25, 0.3) is 0 Å². The summed E-state index contributed by atoms with van der Waals surface area (Å²) in [6.45, 7) is 2.63. The van der Waals surface area contributed by atoms with Crippen molar-refractivity contribution in [3.8, 4) is 0 Å². The van der Waals surface area contributed by atoms with Crippen LogP contribution in [0.5, 0.6) is 0 Å². The van der Waals surface area contributed by atoms with Gasteiger partial charge in [0.25, 0.3) is 0 Å². The van der Waals surface area contributed by atoms with Gasteiger partial charge in [-0.25, -0.2) is 0 Å². The summed E-state index contributed by atoms with van der Waals surface area (Å²) in [5.74, 6) is -3.15. The van der Waals surface area contributed by atoms with Gasteiger partial charge in [0, 0.05) is 13.1 Å². The summed E-state index contributed by atoms with van der Waals surface area (Å²) >= 11 is 0. The van der Waals surface area contributed by atoms with Crippen molar-refractivity contribution in [3.63, 3.8) is 0 Å². The van der Waals surface area contributed by atoms with Crippen LogP contribution in [0.4, 0.5) is 13.2 Å². The Kier molecular flexibility index (Phi) is 3.49. The first-order valence-electron chi connectivity index (χ1n) is 4.93. The zero-order chi connectivity index (χ0) is 13.3. The molecular formula is C10H12F3NO3. The van der Waals surface area contributed by atoms with Crippen molar-refractivity contribution in [2.45, 2.75) is 19.0 Å². The fourth-order valence-electron chi connectivity index (χ4n) is 1.79. The lowest BCUT2D eigenvalue weighted by molar-refractivity contribution is -0.200. The van der Waals surface area contributed by atoms with E-state index >= 15 is 0 Å². The molecule has 0 atom stereocenters. The van der Waals surface area contributed by atoms with E-state index in [9.17, 15) is 22.8 Å². The minimum Gasteiger partial charge on any atom is -0.481 e. The fraction of sp³-hybridized carbons (Fsp3) is 0.600. The van der Waals surface area contributed by atoms with Crippen molar-refractivity contribution >= 4 is 11.9 Å². The lowest BCUT2D eigenvalue weighted by Gasteiger charge is -2.47. The van der Waals surface area contributed by atoms with Crippen LogP contribution < -0.4 is 0 Å². The molecule has 4 nitrogen and oxygen atoms in total. The van der Waals surface area contributed by atoms with Gasteiger partial charge in [-0.05, 0) is 12.8 Å². The molecule has 0 aromatic heterocycles. The van der Waals surface area contributed by atoms with E-state index in [1.54, 1.807) is 0 Å². The summed E-state index contributed by atoms with van der Waals surface area (Å²) in [4.78, 5) is 22.3. The van der Waals surface area contributed by atoms with Crippen molar-refractivity contribution in [2.24, 2.45) is 5.41 Å². The SMILES string of the molecule is C=CCCC1(C(=O)O)CN(C(=O)C(F)(F)F)C1. The highest BCUT2D eigenvalue weighted by Gasteiger charge is 2.55. The quantitative estimate of drug-likeness (QED) is 0.769. The van der Waals surface area contributed by atoms with Gasteiger partial charge in [0.15, 0.2) is 0 Å². The van der Waals surface area contributed by atoms with Crippen LogP contribution in [0.1, 0.15) is 12.8 Å². The first kappa shape index (κ1) is 13.5. The first-order chi connectivity index (χ1) is 7.73. The minimum atomic E-state index is -4.94. The van der Waals surface area contributed by atoms with Crippen molar-refractivity contribution < 1.29 is 27.9 Å². The van der Waals surface area contributed by atoms with E-state index < -0.39 is 36.6 Å². The van der Waals surface area contributed by atoms with E-state index in [0.29, 0.717) is 11.3 Å². The molecule has 1 amide bonds. The molecule has 0 spiro atoms. The van der Waals surface area contributed by atoms with Gasteiger partial charge in [-0.15, -0.1) is 6.58 Å². The lowest BCUT2D eigenvalue weighted by Crippen LogP contribution is -2.64. The van der Waals surface area contributed by atoms with Crippen molar-refractivity contribution in [1.29, 1.82) is 0 Å². The maximum Gasteiger partial charge on any atom is 0.471 e. The van der Waals surface area contributed by atoms with E-state index in [2.05, 4.69) is 6.58 Å². The van der Waals surface area contributed by atoms with Crippen molar-refractivity contribution in [2.75, 3.05) is 13.1 Å². The van der Waals surface area contributed by atoms with Gasteiger partial charge in [0.05, 0.1) is 0 Å². The number of alkyl halides is 3. The molecule has 0 aromatic carbocycles. The van der Waals surface area contributed by atoms with Crippen LogP contribution in [-0.4, -0.2) is 41.1 Å². The van der Waals surface area contributed by atoms with Gasteiger partial charge >= 0.3 is 18.1 Å². The maximum atomic E-state index is 12.1.